The Balaban J connectivity index is 1.52. The lowest BCUT2D eigenvalue weighted by atomic mass is 9.76. The van der Waals surface area contributed by atoms with Gasteiger partial charge in [-0.25, -0.2) is 9.37 Å². The van der Waals surface area contributed by atoms with Gasteiger partial charge in [-0.3, -0.25) is 9.69 Å². The summed E-state index contributed by atoms with van der Waals surface area (Å²) in [4.78, 5) is 24.0. The number of ether oxygens (including phenoxy) is 1. The number of carbonyl (C=O) groups is 1. The van der Waals surface area contributed by atoms with Gasteiger partial charge in [0.25, 0.3) is 11.8 Å². The van der Waals surface area contributed by atoms with Crippen LogP contribution in [0.15, 0.2) is 24.5 Å². The average molecular weight is 515 g/mol. The van der Waals surface area contributed by atoms with Crippen molar-refractivity contribution in [3.63, 3.8) is 0 Å². The van der Waals surface area contributed by atoms with Crippen LogP contribution in [0, 0.1) is 17.2 Å². The SMILES string of the molecule is CCN(C(=O)c1cc(F)ccc1Oc1nncnc1N1CCC2(C1)CN([C@@H](CCO)C(C)C)C2)C(C)C. The number of hydrogen-bond acceptors (Lipinski definition) is 8. The van der Waals surface area contributed by atoms with Crippen LogP contribution in [0.2, 0.25) is 0 Å². The fourth-order valence-corrected chi connectivity index (χ4v) is 5.80. The van der Waals surface area contributed by atoms with Gasteiger partial charge in [0.15, 0.2) is 5.82 Å². The number of nitrogens with zero attached hydrogens (tertiary/aromatic N) is 6. The molecule has 0 radical (unpaired) electrons. The molecule has 10 heteroatoms. The molecule has 2 saturated heterocycles. The number of carbonyl (C=O) groups excluding carboxylic acids is 1. The van der Waals surface area contributed by atoms with Crippen molar-refractivity contribution in [1.82, 2.24) is 25.0 Å². The lowest BCUT2D eigenvalue weighted by Gasteiger charge is -2.52. The van der Waals surface area contributed by atoms with E-state index in [4.69, 9.17) is 4.74 Å². The first-order chi connectivity index (χ1) is 17.7. The summed E-state index contributed by atoms with van der Waals surface area (Å²) in [5.41, 5.74) is 0.309. The topological polar surface area (TPSA) is 94.9 Å². The van der Waals surface area contributed by atoms with Gasteiger partial charge in [-0.2, -0.15) is 0 Å². The maximum Gasteiger partial charge on any atom is 0.282 e. The number of aliphatic hydroxyl groups is 1. The molecule has 0 unspecified atom stereocenters. The third-order valence-corrected chi connectivity index (χ3v) is 7.65. The summed E-state index contributed by atoms with van der Waals surface area (Å²) in [6.07, 6.45) is 3.21. The smallest absolute Gasteiger partial charge is 0.282 e. The summed E-state index contributed by atoms with van der Waals surface area (Å²) in [7, 11) is 0. The maximum atomic E-state index is 14.2. The van der Waals surface area contributed by atoms with E-state index in [1.807, 2.05) is 20.8 Å². The van der Waals surface area contributed by atoms with Crippen LogP contribution in [-0.2, 0) is 0 Å². The van der Waals surface area contributed by atoms with Gasteiger partial charge < -0.3 is 19.6 Å². The van der Waals surface area contributed by atoms with Crippen molar-refractivity contribution >= 4 is 11.7 Å². The van der Waals surface area contributed by atoms with Crippen molar-refractivity contribution in [3.05, 3.63) is 35.9 Å². The van der Waals surface area contributed by atoms with Crippen LogP contribution in [-0.4, -0.2) is 87.4 Å². The summed E-state index contributed by atoms with van der Waals surface area (Å²) >= 11 is 0. The minimum atomic E-state index is -0.509. The molecule has 0 saturated carbocycles. The number of benzene rings is 1. The number of hydrogen-bond donors (Lipinski definition) is 1. The molecule has 1 atom stereocenters. The standard InChI is InChI=1S/C27H39FN6O3/c1-6-34(19(4)5)26(36)21-13-20(28)7-8-23(21)37-25-24(29-17-30-31-25)32-11-10-27(14-32)15-33(16-27)22(9-12-35)18(2)3/h7-8,13,17-19,22,35H,6,9-12,14-16H2,1-5H3/t22-/m0/s1. The van der Waals surface area contributed by atoms with E-state index in [-0.39, 0.29) is 41.2 Å². The van der Waals surface area contributed by atoms with E-state index in [1.165, 1.54) is 24.5 Å². The quantitative estimate of drug-likeness (QED) is 0.514. The number of likely N-dealkylation sites (tertiary alicyclic amines) is 1. The summed E-state index contributed by atoms with van der Waals surface area (Å²) in [6, 6.07) is 4.27. The van der Waals surface area contributed by atoms with E-state index in [0.717, 1.165) is 39.0 Å². The van der Waals surface area contributed by atoms with E-state index in [1.54, 1.807) is 4.90 Å². The molecule has 0 aliphatic carbocycles. The normalized spacial score (nSPS) is 17.9. The molecule has 1 aromatic heterocycles. The minimum absolute atomic E-state index is 0.0436. The Labute approximate surface area is 218 Å². The second-order valence-corrected chi connectivity index (χ2v) is 10.9. The lowest BCUT2D eigenvalue weighted by molar-refractivity contribution is -0.0376. The maximum absolute atomic E-state index is 14.2. The van der Waals surface area contributed by atoms with Crippen molar-refractivity contribution in [2.75, 3.05) is 44.2 Å². The molecule has 1 aromatic carbocycles. The fourth-order valence-electron chi connectivity index (χ4n) is 5.80. The molecule has 2 aliphatic heterocycles. The van der Waals surface area contributed by atoms with Crippen molar-refractivity contribution in [1.29, 1.82) is 0 Å². The Morgan fingerprint density at radius 3 is 2.65 bits per heavy atom. The molecule has 4 rings (SSSR count). The second-order valence-electron chi connectivity index (χ2n) is 10.9. The number of anilines is 1. The highest BCUT2D eigenvalue weighted by Crippen LogP contribution is 2.44. The first-order valence-electron chi connectivity index (χ1n) is 13.2. The first kappa shape index (κ1) is 27.2. The average Bonchev–Trinajstić information content (AvgIpc) is 3.29. The van der Waals surface area contributed by atoms with Crippen molar-refractivity contribution in [2.24, 2.45) is 11.3 Å². The van der Waals surface area contributed by atoms with Gasteiger partial charge >= 0.3 is 0 Å². The molecule has 202 valence electrons. The first-order valence-corrected chi connectivity index (χ1v) is 13.2. The van der Waals surface area contributed by atoms with E-state index in [2.05, 4.69) is 38.8 Å². The monoisotopic (exact) mass is 514 g/mol. The van der Waals surface area contributed by atoms with Crippen LogP contribution >= 0.6 is 0 Å². The Bertz CT molecular complexity index is 1090. The minimum Gasteiger partial charge on any atom is -0.434 e. The zero-order chi connectivity index (χ0) is 26.7. The van der Waals surface area contributed by atoms with Crippen molar-refractivity contribution in [2.45, 2.75) is 59.5 Å². The Kier molecular flexibility index (Phi) is 8.28. The van der Waals surface area contributed by atoms with Crippen LogP contribution in [0.5, 0.6) is 11.6 Å². The van der Waals surface area contributed by atoms with Gasteiger partial charge in [-0.05, 0) is 57.7 Å². The van der Waals surface area contributed by atoms with Gasteiger partial charge in [0, 0.05) is 56.8 Å². The Morgan fingerprint density at radius 2 is 2.00 bits per heavy atom. The highest BCUT2D eigenvalue weighted by Gasteiger charge is 2.50. The summed E-state index contributed by atoms with van der Waals surface area (Å²) in [6.45, 7) is 14.4. The molecule has 2 aliphatic rings. The number of aromatic nitrogens is 3. The molecule has 37 heavy (non-hydrogen) atoms. The summed E-state index contributed by atoms with van der Waals surface area (Å²) in [5, 5.41) is 17.6. The van der Waals surface area contributed by atoms with Gasteiger partial charge in [0.1, 0.15) is 17.9 Å². The van der Waals surface area contributed by atoms with Crippen LogP contribution in [0.3, 0.4) is 0 Å². The molecule has 3 heterocycles. The molecule has 9 nitrogen and oxygen atoms in total. The summed E-state index contributed by atoms with van der Waals surface area (Å²) in [5.74, 6) is 0.665. The molecular weight excluding hydrogens is 475 g/mol. The zero-order valence-corrected chi connectivity index (χ0v) is 22.5. The highest BCUT2D eigenvalue weighted by atomic mass is 19.1. The van der Waals surface area contributed by atoms with Gasteiger partial charge in [0.05, 0.1) is 5.56 Å². The number of halogens is 1. The van der Waals surface area contributed by atoms with E-state index in [9.17, 15) is 14.3 Å². The second kappa shape index (κ2) is 11.3. The van der Waals surface area contributed by atoms with Crippen molar-refractivity contribution in [3.8, 4) is 11.6 Å². The lowest BCUT2D eigenvalue weighted by Crippen LogP contribution is -2.62. The summed E-state index contributed by atoms with van der Waals surface area (Å²) < 4.78 is 20.3. The van der Waals surface area contributed by atoms with Crippen molar-refractivity contribution < 1.29 is 19.0 Å². The number of amides is 1. The fraction of sp³-hybridized carbons (Fsp3) is 0.630. The van der Waals surface area contributed by atoms with Crippen LogP contribution < -0.4 is 9.64 Å². The van der Waals surface area contributed by atoms with E-state index >= 15 is 0 Å². The molecule has 1 amide bonds. The highest BCUT2D eigenvalue weighted by molar-refractivity contribution is 5.97. The Morgan fingerprint density at radius 1 is 1.24 bits per heavy atom. The molecular formula is C27H39FN6O3. The predicted octanol–water partition coefficient (Wildman–Crippen LogP) is 3.59. The van der Waals surface area contributed by atoms with E-state index in [0.29, 0.717) is 24.3 Å². The van der Waals surface area contributed by atoms with Crippen LogP contribution in [0.25, 0.3) is 0 Å². The molecule has 2 fully saturated rings. The Hall–Kier alpha value is -2.85. The van der Waals surface area contributed by atoms with Crippen LogP contribution in [0.4, 0.5) is 10.2 Å². The van der Waals surface area contributed by atoms with Gasteiger partial charge in [-0.15, -0.1) is 10.2 Å². The molecule has 2 aromatic rings. The van der Waals surface area contributed by atoms with E-state index < -0.39 is 5.82 Å². The molecule has 0 bridgehead atoms. The number of rotatable bonds is 10. The molecule has 1 N–H and O–H groups in total. The third kappa shape index (κ3) is 5.70. The van der Waals surface area contributed by atoms with Gasteiger partial charge in [0.2, 0.25) is 0 Å². The predicted molar refractivity (Wildman–Crippen MR) is 139 cm³/mol. The molecule has 1 spiro atoms. The number of aliphatic hydroxyl groups excluding tert-OH is 1. The largest absolute Gasteiger partial charge is 0.434 e. The third-order valence-electron chi connectivity index (χ3n) is 7.65. The van der Waals surface area contributed by atoms with Gasteiger partial charge in [-0.1, -0.05) is 13.8 Å². The van der Waals surface area contributed by atoms with Crippen LogP contribution in [0.1, 0.15) is 57.8 Å². The zero-order valence-electron chi connectivity index (χ0n) is 22.5.